The summed E-state index contributed by atoms with van der Waals surface area (Å²) in [5, 5.41) is 19.8. The zero-order chi connectivity index (χ0) is 23.9. The zero-order valence-electron chi connectivity index (χ0n) is 19.2. The molecule has 1 atom stereocenters. The number of nitrogens with two attached hydrogens (primary N) is 1. The highest BCUT2D eigenvalue weighted by atomic mass is 19.1. The lowest BCUT2D eigenvalue weighted by Gasteiger charge is -2.22. The molecule has 3 rings (SSSR count). The second-order valence-electron chi connectivity index (χ2n) is 7.83. The SMILES string of the molecule is CCCNc1cc(-c2cnn3cc(C)cnc23)ncc1C(=O)NCC(F)C(C)(C)O.CN. The minimum Gasteiger partial charge on any atom is -0.387 e. The van der Waals surface area contributed by atoms with Crippen molar-refractivity contribution in [2.24, 2.45) is 5.73 Å². The Morgan fingerprint density at radius 1 is 1.28 bits per heavy atom. The molecule has 32 heavy (non-hydrogen) atoms. The number of rotatable bonds is 8. The molecule has 0 saturated heterocycles. The Balaban J connectivity index is 0.00000176. The fourth-order valence-electron chi connectivity index (χ4n) is 2.87. The van der Waals surface area contributed by atoms with E-state index in [1.807, 2.05) is 20.0 Å². The topological polar surface area (TPSA) is 130 Å². The van der Waals surface area contributed by atoms with Gasteiger partial charge in [-0.25, -0.2) is 13.9 Å². The van der Waals surface area contributed by atoms with Crippen LogP contribution >= 0.6 is 0 Å². The summed E-state index contributed by atoms with van der Waals surface area (Å²) in [6, 6.07) is 1.77. The number of fused-ring (bicyclic) bond motifs is 1. The maximum absolute atomic E-state index is 14.0. The number of carbonyl (C=O) groups is 1. The van der Waals surface area contributed by atoms with Gasteiger partial charge < -0.3 is 21.5 Å². The van der Waals surface area contributed by atoms with Crippen molar-refractivity contribution in [2.45, 2.75) is 45.9 Å². The third kappa shape index (κ3) is 5.98. The first-order chi connectivity index (χ1) is 15.2. The van der Waals surface area contributed by atoms with Crippen molar-refractivity contribution in [1.82, 2.24) is 24.9 Å². The van der Waals surface area contributed by atoms with E-state index in [-0.39, 0.29) is 6.54 Å². The number of pyridine rings is 1. The maximum atomic E-state index is 14.0. The van der Waals surface area contributed by atoms with Crippen LogP contribution in [0.4, 0.5) is 10.1 Å². The number of hydrogen-bond donors (Lipinski definition) is 4. The molecule has 1 unspecified atom stereocenters. The number of anilines is 1. The molecular formula is C22H32FN7O2. The van der Waals surface area contributed by atoms with E-state index in [9.17, 15) is 14.3 Å². The summed E-state index contributed by atoms with van der Waals surface area (Å²) >= 11 is 0. The second kappa shape index (κ2) is 11.0. The minimum atomic E-state index is -1.59. The molecule has 0 aromatic carbocycles. The van der Waals surface area contributed by atoms with Gasteiger partial charge in [0.05, 0.1) is 40.9 Å². The number of amides is 1. The monoisotopic (exact) mass is 445 g/mol. The van der Waals surface area contributed by atoms with Gasteiger partial charge in [-0.1, -0.05) is 6.92 Å². The zero-order valence-corrected chi connectivity index (χ0v) is 19.2. The molecule has 3 aromatic rings. The summed E-state index contributed by atoms with van der Waals surface area (Å²) in [7, 11) is 1.50. The van der Waals surface area contributed by atoms with Crippen LogP contribution in [0.25, 0.3) is 16.9 Å². The third-order valence-corrected chi connectivity index (χ3v) is 4.68. The smallest absolute Gasteiger partial charge is 0.255 e. The molecule has 0 aliphatic rings. The molecule has 0 bridgehead atoms. The Kier molecular flexibility index (Phi) is 8.62. The van der Waals surface area contributed by atoms with E-state index in [4.69, 9.17) is 0 Å². The van der Waals surface area contributed by atoms with Gasteiger partial charge in [0.25, 0.3) is 5.91 Å². The summed E-state index contributed by atoms with van der Waals surface area (Å²) in [4.78, 5) is 21.5. The number of nitrogens with one attached hydrogen (secondary N) is 2. The van der Waals surface area contributed by atoms with Gasteiger partial charge in [0.2, 0.25) is 0 Å². The number of carbonyl (C=O) groups excluding carboxylic acids is 1. The van der Waals surface area contributed by atoms with Crippen molar-refractivity contribution < 1.29 is 14.3 Å². The van der Waals surface area contributed by atoms with Gasteiger partial charge in [0, 0.05) is 25.1 Å². The Hall–Kier alpha value is -3.11. The predicted octanol–water partition coefficient (Wildman–Crippen LogP) is 2.34. The summed E-state index contributed by atoms with van der Waals surface area (Å²) < 4.78 is 15.7. The van der Waals surface area contributed by atoms with Crippen LogP contribution in [0.2, 0.25) is 0 Å². The molecular weight excluding hydrogens is 413 g/mol. The quantitative estimate of drug-likeness (QED) is 0.419. The Bertz CT molecular complexity index is 1050. The Morgan fingerprint density at radius 3 is 2.66 bits per heavy atom. The van der Waals surface area contributed by atoms with Gasteiger partial charge in [-0.3, -0.25) is 9.78 Å². The van der Waals surface area contributed by atoms with Crippen LogP contribution in [-0.4, -0.2) is 62.5 Å². The van der Waals surface area contributed by atoms with Gasteiger partial charge >= 0.3 is 0 Å². The van der Waals surface area contributed by atoms with Crippen molar-refractivity contribution >= 4 is 17.2 Å². The minimum absolute atomic E-state index is 0.297. The van der Waals surface area contributed by atoms with Crippen molar-refractivity contribution in [1.29, 1.82) is 0 Å². The highest BCUT2D eigenvalue weighted by Crippen LogP contribution is 2.26. The molecule has 3 aromatic heterocycles. The van der Waals surface area contributed by atoms with Crippen LogP contribution in [0.15, 0.2) is 30.9 Å². The normalized spacial score (nSPS) is 12.1. The summed E-state index contributed by atoms with van der Waals surface area (Å²) in [5.74, 6) is -0.465. The average Bonchev–Trinajstić information content (AvgIpc) is 3.19. The van der Waals surface area contributed by atoms with E-state index in [0.717, 1.165) is 17.5 Å². The molecule has 0 saturated carbocycles. The van der Waals surface area contributed by atoms with E-state index in [1.165, 1.54) is 27.1 Å². The standard InChI is InChI=1S/C21H27FN6O2.CH5N/c1-5-6-23-17-7-16(14-10-27-28-12-13(2)8-25-19(14)28)24-9-15(17)20(29)26-11-18(22)21(3,4)30;1-2/h7-10,12,18,30H,5-6,11H2,1-4H3,(H,23,24)(H,26,29);2H2,1H3. The lowest BCUT2D eigenvalue weighted by atomic mass is 10.0. The highest BCUT2D eigenvalue weighted by molar-refractivity contribution is 6.00. The number of aromatic nitrogens is 4. The lowest BCUT2D eigenvalue weighted by molar-refractivity contribution is -0.00177. The van der Waals surface area contributed by atoms with Crippen LogP contribution in [0, 0.1) is 6.92 Å². The number of aliphatic hydroxyl groups is 1. The molecule has 10 heteroatoms. The fourth-order valence-corrected chi connectivity index (χ4v) is 2.87. The van der Waals surface area contributed by atoms with Crippen molar-refractivity contribution in [2.75, 3.05) is 25.5 Å². The number of nitrogens with zero attached hydrogens (tertiary/aromatic N) is 4. The lowest BCUT2D eigenvalue weighted by Crippen LogP contribution is -2.42. The number of halogens is 1. The van der Waals surface area contributed by atoms with Crippen LogP contribution in [0.1, 0.15) is 43.1 Å². The first-order valence-electron chi connectivity index (χ1n) is 10.5. The van der Waals surface area contributed by atoms with Gasteiger partial charge in [-0.05, 0) is 45.9 Å². The molecule has 5 N–H and O–H groups in total. The molecule has 0 aliphatic heterocycles. The van der Waals surface area contributed by atoms with Crippen LogP contribution in [-0.2, 0) is 0 Å². The third-order valence-electron chi connectivity index (χ3n) is 4.68. The Labute approximate surface area is 187 Å². The molecule has 0 radical (unpaired) electrons. The molecule has 0 spiro atoms. The van der Waals surface area contributed by atoms with E-state index in [2.05, 4.69) is 31.4 Å². The first kappa shape index (κ1) is 25.2. The maximum Gasteiger partial charge on any atom is 0.255 e. The summed E-state index contributed by atoms with van der Waals surface area (Å²) in [5.41, 5.74) is 6.87. The van der Waals surface area contributed by atoms with Gasteiger partial charge in [0.15, 0.2) is 5.65 Å². The van der Waals surface area contributed by atoms with Gasteiger partial charge in [-0.2, -0.15) is 5.10 Å². The molecule has 9 nitrogen and oxygen atoms in total. The highest BCUT2D eigenvalue weighted by Gasteiger charge is 2.27. The largest absolute Gasteiger partial charge is 0.387 e. The Morgan fingerprint density at radius 2 is 2.00 bits per heavy atom. The fraction of sp³-hybridized carbons (Fsp3) is 0.455. The summed E-state index contributed by atoms with van der Waals surface area (Å²) in [6.45, 7) is 7.04. The molecule has 174 valence electrons. The number of alkyl halides is 1. The van der Waals surface area contributed by atoms with Crippen LogP contribution < -0.4 is 16.4 Å². The van der Waals surface area contributed by atoms with Gasteiger partial charge in [-0.15, -0.1) is 0 Å². The van der Waals surface area contributed by atoms with Crippen LogP contribution in [0.5, 0.6) is 0 Å². The number of aryl methyl sites for hydroxylation is 1. The summed E-state index contributed by atoms with van der Waals surface area (Å²) in [6.07, 6.45) is 6.05. The molecule has 0 aliphatic carbocycles. The van der Waals surface area contributed by atoms with Crippen molar-refractivity contribution in [3.8, 4) is 11.3 Å². The predicted molar refractivity (Wildman–Crippen MR) is 123 cm³/mol. The molecule has 0 fully saturated rings. The van der Waals surface area contributed by atoms with Crippen LogP contribution in [0.3, 0.4) is 0 Å². The molecule has 3 heterocycles. The first-order valence-corrected chi connectivity index (χ1v) is 10.5. The van der Waals surface area contributed by atoms with Gasteiger partial charge in [0.1, 0.15) is 6.17 Å². The van der Waals surface area contributed by atoms with E-state index >= 15 is 0 Å². The van der Waals surface area contributed by atoms with E-state index in [1.54, 1.807) is 23.0 Å². The van der Waals surface area contributed by atoms with Crippen molar-refractivity contribution in [3.05, 3.63) is 42.0 Å². The average molecular weight is 446 g/mol. The van der Waals surface area contributed by atoms with E-state index < -0.39 is 17.7 Å². The van der Waals surface area contributed by atoms with Crippen molar-refractivity contribution in [3.63, 3.8) is 0 Å². The number of hydrogen-bond acceptors (Lipinski definition) is 7. The molecule has 1 amide bonds. The second-order valence-corrected chi connectivity index (χ2v) is 7.83. The van der Waals surface area contributed by atoms with E-state index in [0.29, 0.717) is 29.1 Å².